The number of nitrogens with zero attached hydrogens (tertiary/aromatic N) is 2. The Morgan fingerprint density at radius 2 is 1.79 bits per heavy atom. The third-order valence-electron chi connectivity index (χ3n) is 3.23. The standard InChI is InChI=1S/C14H29N3O2/c1-12(2)17-10-8-16(9-11-17)7-6-15-13(18)19-14(3,4)5/h12H,6-11H2,1-5H3,(H,15,18). The average molecular weight is 271 g/mol. The van der Waals surface area contributed by atoms with Crippen LogP contribution in [0.4, 0.5) is 4.79 Å². The molecule has 1 aliphatic rings. The molecular formula is C14H29N3O2. The van der Waals surface area contributed by atoms with Gasteiger partial charge in [-0.15, -0.1) is 0 Å². The van der Waals surface area contributed by atoms with E-state index >= 15 is 0 Å². The molecule has 1 N–H and O–H groups in total. The minimum atomic E-state index is -0.424. The van der Waals surface area contributed by atoms with Gasteiger partial charge in [0.25, 0.3) is 0 Å². The highest BCUT2D eigenvalue weighted by Gasteiger charge is 2.19. The Kier molecular flexibility index (Phi) is 6.07. The molecule has 0 aliphatic carbocycles. The van der Waals surface area contributed by atoms with E-state index in [0.29, 0.717) is 12.6 Å². The molecular weight excluding hydrogens is 242 g/mol. The Labute approximate surface area is 117 Å². The Balaban J connectivity index is 2.13. The van der Waals surface area contributed by atoms with E-state index in [1.54, 1.807) is 0 Å². The van der Waals surface area contributed by atoms with Crippen LogP contribution in [0, 0.1) is 0 Å². The number of piperazine rings is 1. The molecule has 0 saturated carbocycles. The van der Waals surface area contributed by atoms with Crippen LogP contribution in [0.15, 0.2) is 0 Å². The van der Waals surface area contributed by atoms with Crippen LogP contribution < -0.4 is 5.32 Å². The number of carbonyl (C=O) groups excluding carboxylic acids is 1. The SMILES string of the molecule is CC(C)N1CCN(CCNC(=O)OC(C)(C)C)CC1. The van der Waals surface area contributed by atoms with E-state index in [-0.39, 0.29) is 6.09 Å². The quantitative estimate of drug-likeness (QED) is 0.842. The van der Waals surface area contributed by atoms with Crippen molar-refractivity contribution in [1.82, 2.24) is 15.1 Å². The van der Waals surface area contributed by atoms with E-state index in [1.165, 1.54) is 0 Å². The molecule has 112 valence electrons. The first kappa shape index (κ1) is 16.2. The van der Waals surface area contributed by atoms with Gasteiger partial charge in [0.15, 0.2) is 0 Å². The fourth-order valence-corrected chi connectivity index (χ4v) is 2.13. The first-order chi connectivity index (χ1) is 8.78. The molecule has 0 radical (unpaired) electrons. The molecule has 1 rings (SSSR count). The van der Waals surface area contributed by atoms with Crippen molar-refractivity contribution in [3.8, 4) is 0 Å². The molecule has 1 heterocycles. The maximum Gasteiger partial charge on any atom is 0.407 e. The highest BCUT2D eigenvalue weighted by molar-refractivity contribution is 5.67. The zero-order chi connectivity index (χ0) is 14.5. The molecule has 0 bridgehead atoms. The predicted octanol–water partition coefficient (Wildman–Crippen LogP) is 1.54. The first-order valence-corrected chi connectivity index (χ1v) is 7.21. The summed E-state index contributed by atoms with van der Waals surface area (Å²) in [5, 5.41) is 2.80. The number of hydrogen-bond acceptors (Lipinski definition) is 4. The van der Waals surface area contributed by atoms with Crippen molar-refractivity contribution in [2.75, 3.05) is 39.3 Å². The smallest absolute Gasteiger partial charge is 0.407 e. The minimum absolute atomic E-state index is 0.326. The van der Waals surface area contributed by atoms with Crippen LogP contribution in [0.25, 0.3) is 0 Å². The van der Waals surface area contributed by atoms with Crippen molar-refractivity contribution < 1.29 is 9.53 Å². The van der Waals surface area contributed by atoms with Crippen LogP contribution in [0.3, 0.4) is 0 Å². The number of nitrogens with one attached hydrogen (secondary N) is 1. The van der Waals surface area contributed by atoms with E-state index in [4.69, 9.17) is 4.74 Å². The molecule has 0 aromatic carbocycles. The van der Waals surface area contributed by atoms with E-state index in [2.05, 4.69) is 29.0 Å². The second-order valence-electron chi connectivity index (χ2n) is 6.40. The summed E-state index contributed by atoms with van der Waals surface area (Å²) in [6, 6.07) is 0.627. The van der Waals surface area contributed by atoms with Gasteiger partial charge in [0.05, 0.1) is 0 Å². The summed E-state index contributed by atoms with van der Waals surface area (Å²) in [5.74, 6) is 0. The van der Waals surface area contributed by atoms with Crippen molar-refractivity contribution in [3.05, 3.63) is 0 Å². The normalized spacial score (nSPS) is 18.6. The molecule has 0 spiro atoms. The van der Waals surface area contributed by atoms with Crippen molar-refractivity contribution in [2.45, 2.75) is 46.3 Å². The second-order valence-corrected chi connectivity index (χ2v) is 6.40. The summed E-state index contributed by atoms with van der Waals surface area (Å²) in [6.07, 6.45) is -0.326. The Bertz CT molecular complexity index is 279. The van der Waals surface area contributed by atoms with Gasteiger partial charge in [-0.1, -0.05) is 0 Å². The lowest BCUT2D eigenvalue weighted by Gasteiger charge is -2.36. The lowest BCUT2D eigenvalue weighted by Crippen LogP contribution is -2.50. The first-order valence-electron chi connectivity index (χ1n) is 7.21. The van der Waals surface area contributed by atoms with Gasteiger partial charge >= 0.3 is 6.09 Å². The Morgan fingerprint density at radius 1 is 1.21 bits per heavy atom. The fourth-order valence-electron chi connectivity index (χ4n) is 2.13. The lowest BCUT2D eigenvalue weighted by atomic mass is 10.2. The van der Waals surface area contributed by atoms with Gasteiger partial charge in [-0.25, -0.2) is 4.79 Å². The summed E-state index contributed by atoms with van der Waals surface area (Å²) in [6.45, 7) is 16.0. The number of amides is 1. The van der Waals surface area contributed by atoms with E-state index in [1.807, 2.05) is 20.8 Å². The largest absolute Gasteiger partial charge is 0.444 e. The predicted molar refractivity (Wildman–Crippen MR) is 77.4 cm³/mol. The molecule has 0 unspecified atom stereocenters. The second kappa shape index (κ2) is 7.10. The molecule has 1 amide bonds. The maximum atomic E-state index is 11.5. The monoisotopic (exact) mass is 271 g/mol. The maximum absolute atomic E-state index is 11.5. The Hall–Kier alpha value is -0.810. The summed E-state index contributed by atoms with van der Waals surface area (Å²) in [4.78, 5) is 16.4. The molecule has 1 saturated heterocycles. The van der Waals surface area contributed by atoms with Gasteiger partial charge < -0.3 is 10.1 Å². The minimum Gasteiger partial charge on any atom is -0.444 e. The topological polar surface area (TPSA) is 44.8 Å². The summed E-state index contributed by atoms with van der Waals surface area (Å²) in [7, 11) is 0. The average Bonchev–Trinajstić information content (AvgIpc) is 2.27. The zero-order valence-corrected chi connectivity index (χ0v) is 13.0. The van der Waals surface area contributed by atoms with Crippen molar-refractivity contribution >= 4 is 6.09 Å². The molecule has 1 aliphatic heterocycles. The molecule has 0 aromatic rings. The van der Waals surface area contributed by atoms with Gasteiger partial charge in [0.1, 0.15) is 5.60 Å². The zero-order valence-electron chi connectivity index (χ0n) is 13.0. The summed E-state index contributed by atoms with van der Waals surface area (Å²) < 4.78 is 5.20. The number of ether oxygens (including phenoxy) is 1. The number of hydrogen-bond donors (Lipinski definition) is 1. The highest BCUT2D eigenvalue weighted by atomic mass is 16.6. The molecule has 5 nitrogen and oxygen atoms in total. The Morgan fingerprint density at radius 3 is 2.26 bits per heavy atom. The third kappa shape index (κ3) is 6.78. The number of carbonyl (C=O) groups is 1. The molecule has 5 heteroatoms. The van der Waals surface area contributed by atoms with Gasteiger partial charge in [-0.05, 0) is 34.6 Å². The number of rotatable bonds is 4. The van der Waals surface area contributed by atoms with Crippen molar-refractivity contribution in [1.29, 1.82) is 0 Å². The van der Waals surface area contributed by atoms with Crippen LogP contribution in [0.2, 0.25) is 0 Å². The third-order valence-corrected chi connectivity index (χ3v) is 3.23. The van der Waals surface area contributed by atoms with Crippen LogP contribution in [0.5, 0.6) is 0 Å². The summed E-state index contributed by atoms with van der Waals surface area (Å²) in [5.41, 5.74) is -0.424. The molecule has 1 fully saturated rings. The van der Waals surface area contributed by atoms with Gasteiger partial charge in [0, 0.05) is 45.3 Å². The van der Waals surface area contributed by atoms with Crippen LogP contribution in [-0.4, -0.2) is 66.8 Å². The van der Waals surface area contributed by atoms with Gasteiger partial charge in [0.2, 0.25) is 0 Å². The van der Waals surface area contributed by atoms with Crippen molar-refractivity contribution in [3.63, 3.8) is 0 Å². The summed E-state index contributed by atoms with van der Waals surface area (Å²) >= 11 is 0. The van der Waals surface area contributed by atoms with Crippen LogP contribution in [0.1, 0.15) is 34.6 Å². The van der Waals surface area contributed by atoms with E-state index in [0.717, 1.165) is 32.7 Å². The van der Waals surface area contributed by atoms with E-state index in [9.17, 15) is 4.79 Å². The molecule has 19 heavy (non-hydrogen) atoms. The van der Waals surface area contributed by atoms with Crippen molar-refractivity contribution in [2.24, 2.45) is 0 Å². The van der Waals surface area contributed by atoms with Gasteiger partial charge in [-0.2, -0.15) is 0 Å². The molecule has 0 atom stereocenters. The van der Waals surface area contributed by atoms with Gasteiger partial charge in [-0.3, -0.25) is 9.80 Å². The lowest BCUT2D eigenvalue weighted by molar-refractivity contribution is 0.0513. The number of alkyl carbamates (subject to hydrolysis) is 1. The molecule has 0 aromatic heterocycles. The fraction of sp³-hybridized carbons (Fsp3) is 0.929. The van der Waals surface area contributed by atoms with E-state index < -0.39 is 5.60 Å². The van der Waals surface area contributed by atoms with Crippen LogP contribution in [-0.2, 0) is 4.74 Å². The van der Waals surface area contributed by atoms with Crippen LogP contribution >= 0.6 is 0 Å². The highest BCUT2D eigenvalue weighted by Crippen LogP contribution is 2.07.